The molecule has 0 aliphatic carbocycles. The molecule has 1 aliphatic rings. The van der Waals surface area contributed by atoms with Crippen molar-refractivity contribution in [1.29, 1.82) is 0 Å². The number of aryl methyl sites for hydroxylation is 2. The standard InChI is InChI=1S/C23H25FN4O/c1-15-7-8-19-20(9-15)26-23(25-19)14-29-22-13-28(12-18(22)24)11-16-10-27(2)21-6-4-3-5-17(16)21/h3-10,18,22H,11-14H2,1-2H3,(H,25,26)/t18-,22+/m1/s1. The Labute approximate surface area is 169 Å². The van der Waals surface area contributed by atoms with Crippen LogP contribution in [0.3, 0.4) is 0 Å². The minimum Gasteiger partial charge on any atom is -0.366 e. The number of fused-ring (bicyclic) bond motifs is 2. The molecule has 150 valence electrons. The van der Waals surface area contributed by atoms with E-state index < -0.39 is 12.3 Å². The molecule has 6 heteroatoms. The molecule has 0 spiro atoms. The molecule has 0 bridgehead atoms. The molecule has 29 heavy (non-hydrogen) atoms. The lowest BCUT2D eigenvalue weighted by atomic mass is 10.1. The van der Waals surface area contributed by atoms with E-state index in [4.69, 9.17) is 4.74 Å². The number of aromatic amines is 1. The second-order valence-electron chi connectivity index (χ2n) is 8.05. The van der Waals surface area contributed by atoms with Gasteiger partial charge in [0, 0.05) is 43.8 Å². The molecule has 0 radical (unpaired) electrons. The minimum atomic E-state index is -0.989. The van der Waals surface area contributed by atoms with Crippen molar-refractivity contribution in [3.63, 3.8) is 0 Å². The third-order valence-corrected chi connectivity index (χ3v) is 5.77. The Balaban J connectivity index is 1.24. The summed E-state index contributed by atoms with van der Waals surface area (Å²) < 4.78 is 22.7. The molecule has 0 unspecified atom stereocenters. The third-order valence-electron chi connectivity index (χ3n) is 5.77. The SMILES string of the molecule is Cc1ccc2nc(CO[C@H]3CN(Cc4cn(C)c5ccccc45)C[C@H]3F)[nH]c2c1. The highest BCUT2D eigenvalue weighted by molar-refractivity contribution is 5.83. The summed E-state index contributed by atoms with van der Waals surface area (Å²) >= 11 is 0. The minimum absolute atomic E-state index is 0.293. The van der Waals surface area contributed by atoms with Crippen LogP contribution >= 0.6 is 0 Å². The van der Waals surface area contributed by atoms with Crippen LogP contribution in [-0.2, 0) is 24.9 Å². The van der Waals surface area contributed by atoms with Crippen LogP contribution in [0.2, 0.25) is 0 Å². The van der Waals surface area contributed by atoms with Crippen LogP contribution < -0.4 is 0 Å². The molecule has 4 aromatic rings. The Hall–Kier alpha value is -2.70. The third kappa shape index (κ3) is 3.54. The first-order chi connectivity index (χ1) is 14.1. The lowest BCUT2D eigenvalue weighted by Crippen LogP contribution is -2.24. The molecule has 5 nitrogen and oxygen atoms in total. The number of halogens is 1. The lowest BCUT2D eigenvalue weighted by molar-refractivity contribution is 0.00864. The Morgan fingerprint density at radius 2 is 2.07 bits per heavy atom. The summed E-state index contributed by atoms with van der Waals surface area (Å²) in [6.07, 6.45) is 0.721. The van der Waals surface area contributed by atoms with Gasteiger partial charge in [0.1, 0.15) is 24.7 Å². The number of hydrogen-bond donors (Lipinski definition) is 1. The van der Waals surface area contributed by atoms with Crippen molar-refractivity contribution >= 4 is 21.9 Å². The van der Waals surface area contributed by atoms with Crippen LogP contribution in [0, 0.1) is 6.92 Å². The van der Waals surface area contributed by atoms with Crippen LogP contribution in [0.25, 0.3) is 21.9 Å². The number of hydrogen-bond acceptors (Lipinski definition) is 3. The molecular formula is C23H25FN4O. The van der Waals surface area contributed by atoms with Gasteiger partial charge in [-0.05, 0) is 36.2 Å². The fraction of sp³-hybridized carbons (Fsp3) is 0.348. The van der Waals surface area contributed by atoms with E-state index in [0.717, 1.165) is 23.4 Å². The van der Waals surface area contributed by atoms with Gasteiger partial charge in [-0.1, -0.05) is 24.3 Å². The van der Waals surface area contributed by atoms with Crippen LogP contribution in [0.15, 0.2) is 48.7 Å². The summed E-state index contributed by atoms with van der Waals surface area (Å²) in [5.41, 5.74) is 5.51. The van der Waals surface area contributed by atoms with Gasteiger partial charge in [0.25, 0.3) is 0 Å². The highest BCUT2D eigenvalue weighted by Crippen LogP contribution is 2.25. The zero-order chi connectivity index (χ0) is 20.0. The Morgan fingerprint density at radius 1 is 1.21 bits per heavy atom. The topological polar surface area (TPSA) is 46.1 Å². The number of likely N-dealkylation sites (tertiary alicyclic amines) is 1. The normalized spacial score (nSPS) is 20.2. The van der Waals surface area contributed by atoms with Gasteiger partial charge >= 0.3 is 0 Å². The zero-order valence-electron chi connectivity index (χ0n) is 16.7. The van der Waals surface area contributed by atoms with E-state index in [1.54, 1.807) is 0 Å². The Bertz CT molecular complexity index is 1160. The quantitative estimate of drug-likeness (QED) is 0.556. The average Bonchev–Trinajstić information content (AvgIpc) is 3.36. The van der Waals surface area contributed by atoms with Gasteiger partial charge in [-0.3, -0.25) is 4.90 Å². The first-order valence-electron chi connectivity index (χ1n) is 10.0. The fourth-order valence-corrected chi connectivity index (χ4v) is 4.32. The van der Waals surface area contributed by atoms with E-state index in [-0.39, 0.29) is 0 Å². The van der Waals surface area contributed by atoms with E-state index in [1.165, 1.54) is 22.0 Å². The van der Waals surface area contributed by atoms with Crippen LogP contribution in [0.1, 0.15) is 17.0 Å². The monoisotopic (exact) mass is 392 g/mol. The van der Waals surface area contributed by atoms with Gasteiger partial charge in [-0.2, -0.15) is 0 Å². The molecule has 0 saturated carbocycles. The van der Waals surface area contributed by atoms with Crippen molar-refractivity contribution in [2.45, 2.75) is 32.4 Å². The van der Waals surface area contributed by atoms with E-state index in [2.05, 4.69) is 56.9 Å². The maximum Gasteiger partial charge on any atom is 0.140 e. The number of aromatic nitrogens is 3. The summed E-state index contributed by atoms with van der Waals surface area (Å²) in [4.78, 5) is 9.96. The molecule has 3 heterocycles. The fourth-order valence-electron chi connectivity index (χ4n) is 4.32. The molecule has 2 aromatic heterocycles. The number of H-pyrrole nitrogens is 1. The van der Waals surface area contributed by atoms with Crippen molar-refractivity contribution < 1.29 is 9.13 Å². The molecular weight excluding hydrogens is 367 g/mol. The molecule has 5 rings (SSSR count). The summed E-state index contributed by atoms with van der Waals surface area (Å²) in [5, 5.41) is 1.23. The highest BCUT2D eigenvalue weighted by atomic mass is 19.1. The first kappa shape index (κ1) is 18.3. The van der Waals surface area contributed by atoms with Crippen LogP contribution in [0.4, 0.5) is 4.39 Å². The molecule has 1 saturated heterocycles. The number of nitrogens with zero attached hydrogens (tertiary/aromatic N) is 3. The second kappa shape index (κ2) is 7.28. The van der Waals surface area contributed by atoms with E-state index in [0.29, 0.717) is 19.7 Å². The molecule has 2 aromatic carbocycles. The molecule has 2 atom stereocenters. The van der Waals surface area contributed by atoms with Gasteiger partial charge < -0.3 is 14.3 Å². The van der Waals surface area contributed by atoms with Gasteiger partial charge in [-0.25, -0.2) is 9.37 Å². The summed E-state index contributed by atoms with van der Waals surface area (Å²) in [6, 6.07) is 14.4. The number of imidazole rings is 1. The van der Waals surface area contributed by atoms with Crippen molar-refractivity contribution in [3.05, 3.63) is 65.6 Å². The molecule has 1 fully saturated rings. The van der Waals surface area contributed by atoms with Crippen molar-refractivity contribution in [2.24, 2.45) is 7.05 Å². The summed E-state index contributed by atoms with van der Waals surface area (Å²) in [6.45, 7) is 4.05. The van der Waals surface area contributed by atoms with Gasteiger partial charge in [-0.15, -0.1) is 0 Å². The van der Waals surface area contributed by atoms with Gasteiger partial charge in [0.15, 0.2) is 0 Å². The van der Waals surface area contributed by atoms with Crippen molar-refractivity contribution in [2.75, 3.05) is 13.1 Å². The van der Waals surface area contributed by atoms with Crippen LogP contribution in [-0.4, -0.2) is 44.8 Å². The number of rotatable bonds is 5. The number of para-hydroxylation sites is 1. The number of alkyl halides is 1. The number of ether oxygens (including phenoxy) is 1. The van der Waals surface area contributed by atoms with E-state index in [1.807, 2.05) is 25.1 Å². The molecule has 0 amide bonds. The largest absolute Gasteiger partial charge is 0.366 e. The molecule has 1 aliphatic heterocycles. The van der Waals surface area contributed by atoms with Gasteiger partial charge in [0.2, 0.25) is 0 Å². The number of nitrogens with one attached hydrogen (secondary N) is 1. The average molecular weight is 392 g/mol. The predicted octanol–water partition coefficient (Wildman–Crippen LogP) is 4.10. The number of benzene rings is 2. The first-order valence-corrected chi connectivity index (χ1v) is 10.0. The van der Waals surface area contributed by atoms with E-state index >= 15 is 0 Å². The van der Waals surface area contributed by atoms with Crippen LogP contribution in [0.5, 0.6) is 0 Å². The van der Waals surface area contributed by atoms with Crippen molar-refractivity contribution in [1.82, 2.24) is 19.4 Å². The maximum atomic E-state index is 14.6. The zero-order valence-corrected chi connectivity index (χ0v) is 16.7. The lowest BCUT2D eigenvalue weighted by Gasteiger charge is -2.15. The second-order valence-corrected chi connectivity index (χ2v) is 8.05. The summed E-state index contributed by atoms with van der Waals surface area (Å²) in [7, 11) is 2.05. The van der Waals surface area contributed by atoms with Crippen molar-refractivity contribution in [3.8, 4) is 0 Å². The highest BCUT2D eigenvalue weighted by Gasteiger charge is 2.34. The predicted molar refractivity (Wildman–Crippen MR) is 112 cm³/mol. The smallest absolute Gasteiger partial charge is 0.140 e. The molecule has 1 N–H and O–H groups in total. The Morgan fingerprint density at radius 3 is 2.97 bits per heavy atom. The summed E-state index contributed by atoms with van der Waals surface area (Å²) in [5.74, 6) is 0.741. The van der Waals surface area contributed by atoms with E-state index in [9.17, 15) is 4.39 Å². The maximum absolute atomic E-state index is 14.6. The Kier molecular flexibility index (Phi) is 4.60. The van der Waals surface area contributed by atoms with Gasteiger partial charge in [0.05, 0.1) is 11.0 Å².